The summed E-state index contributed by atoms with van der Waals surface area (Å²) in [5.74, 6) is 0.00672. The van der Waals surface area contributed by atoms with Crippen molar-refractivity contribution in [1.29, 1.82) is 0 Å². The molecule has 94 valence electrons. The molecule has 0 aliphatic carbocycles. The molecule has 0 aliphatic rings. The van der Waals surface area contributed by atoms with Crippen LogP contribution in [0.2, 0.25) is 0 Å². The fourth-order valence-electron chi connectivity index (χ4n) is 1.89. The molecule has 2 nitrogen and oxygen atoms in total. The number of thiol groups is 1. The van der Waals surface area contributed by atoms with Crippen molar-refractivity contribution < 1.29 is 4.79 Å². The summed E-state index contributed by atoms with van der Waals surface area (Å²) in [5.41, 5.74) is 3.25. The van der Waals surface area contributed by atoms with Crippen LogP contribution in [0.4, 0.5) is 5.69 Å². The zero-order valence-corrected chi connectivity index (χ0v) is 12.3. The minimum absolute atomic E-state index is 0.00672. The highest BCUT2D eigenvalue weighted by Crippen LogP contribution is 2.24. The normalized spacial score (nSPS) is 10.4. The Balaban J connectivity index is 2.31. The first-order chi connectivity index (χ1) is 8.49. The highest BCUT2D eigenvalue weighted by atomic mass is 32.1. The standard InChI is InChI=1S/C14H15NOS2/c1-9-4-5-12(10(2)6-9)15(3)14(16)13-7-11(17)8-18-13/h4-8,17H,1-3H3. The van der Waals surface area contributed by atoms with Crippen molar-refractivity contribution in [3.05, 3.63) is 45.6 Å². The van der Waals surface area contributed by atoms with Crippen molar-refractivity contribution in [2.45, 2.75) is 18.7 Å². The van der Waals surface area contributed by atoms with E-state index in [1.807, 2.05) is 31.4 Å². The van der Waals surface area contributed by atoms with E-state index in [-0.39, 0.29) is 5.91 Å². The Bertz CT molecular complexity index is 589. The molecule has 0 atom stereocenters. The first-order valence-corrected chi connectivity index (χ1v) is 6.94. The number of aryl methyl sites for hydroxylation is 2. The van der Waals surface area contributed by atoms with E-state index >= 15 is 0 Å². The van der Waals surface area contributed by atoms with Gasteiger partial charge in [-0.25, -0.2) is 0 Å². The first-order valence-electron chi connectivity index (χ1n) is 5.62. The van der Waals surface area contributed by atoms with Gasteiger partial charge in [-0.2, -0.15) is 0 Å². The molecular weight excluding hydrogens is 262 g/mol. The Labute approximate surface area is 117 Å². The van der Waals surface area contributed by atoms with Crippen LogP contribution in [0.25, 0.3) is 0 Å². The van der Waals surface area contributed by atoms with Gasteiger partial charge in [-0.3, -0.25) is 4.79 Å². The molecule has 0 fully saturated rings. The smallest absolute Gasteiger partial charge is 0.268 e. The summed E-state index contributed by atoms with van der Waals surface area (Å²) in [6.45, 7) is 4.07. The van der Waals surface area contributed by atoms with E-state index in [0.717, 1.165) is 16.1 Å². The van der Waals surface area contributed by atoms with Crippen molar-refractivity contribution in [3.8, 4) is 0 Å². The lowest BCUT2D eigenvalue weighted by Gasteiger charge is -2.19. The third-order valence-electron chi connectivity index (χ3n) is 2.81. The molecule has 1 amide bonds. The van der Waals surface area contributed by atoms with E-state index in [2.05, 4.69) is 18.7 Å². The lowest BCUT2D eigenvalue weighted by atomic mass is 10.1. The number of hydrogen-bond acceptors (Lipinski definition) is 3. The summed E-state index contributed by atoms with van der Waals surface area (Å²) in [4.78, 5) is 15.5. The Morgan fingerprint density at radius 2 is 2.00 bits per heavy atom. The van der Waals surface area contributed by atoms with Gasteiger partial charge >= 0.3 is 0 Å². The topological polar surface area (TPSA) is 20.3 Å². The van der Waals surface area contributed by atoms with Crippen LogP contribution >= 0.6 is 24.0 Å². The zero-order valence-electron chi connectivity index (χ0n) is 10.6. The van der Waals surface area contributed by atoms with Crippen molar-refractivity contribution in [2.24, 2.45) is 0 Å². The van der Waals surface area contributed by atoms with E-state index in [4.69, 9.17) is 0 Å². The van der Waals surface area contributed by atoms with E-state index in [1.54, 1.807) is 18.0 Å². The lowest BCUT2D eigenvalue weighted by Crippen LogP contribution is -2.26. The summed E-state index contributed by atoms with van der Waals surface area (Å²) in [5, 5.41) is 1.87. The number of thiophene rings is 1. The Kier molecular flexibility index (Phi) is 3.78. The van der Waals surface area contributed by atoms with Crippen LogP contribution in [0.5, 0.6) is 0 Å². The van der Waals surface area contributed by atoms with Gasteiger partial charge in [0.05, 0.1) is 4.88 Å². The number of benzene rings is 1. The van der Waals surface area contributed by atoms with Gasteiger partial charge < -0.3 is 4.90 Å². The summed E-state index contributed by atoms with van der Waals surface area (Å²) in [6, 6.07) is 7.88. The summed E-state index contributed by atoms with van der Waals surface area (Å²) < 4.78 is 0. The lowest BCUT2D eigenvalue weighted by molar-refractivity contribution is 0.0996. The van der Waals surface area contributed by atoms with E-state index in [1.165, 1.54) is 16.9 Å². The zero-order chi connectivity index (χ0) is 13.3. The number of carbonyl (C=O) groups excluding carboxylic acids is 1. The minimum atomic E-state index is 0.00672. The predicted octanol–water partition coefficient (Wildman–Crippen LogP) is 3.93. The van der Waals surface area contributed by atoms with Crippen molar-refractivity contribution in [3.63, 3.8) is 0 Å². The third-order valence-corrected chi connectivity index (χ3v) is 4.17. The average molecular weight is 277 g/mol. The maximum atomic E-state index is 12.3. The van der Waals surface area contributed by atoms with Crippen molar-refractivity contribution in [2.75, 3.05) is 11.9 Å². The maximum absolute atomic E-state index is 12.3. The number of amides is 1. The second-order valence-corrected chi connectivity index (χ2v) is 5.75. The fraction of sp³-hybridized carbons (Fsp3) is 0.214. The monoisotopic (exact) mass is 277 g/mol. The van der Waals surface area contributed by atoms with Crippen LogP contribution in [0.1, 0.15) is 20.8 Å². The molecule has 2 rings (SSSR count). The molecule has 0 N–H and O–H groups in total. The van der Waals surface area contributed by atoms with Gasteiger partial charge in [0.15, 0.2) is 0 Å². The van der Waals surface area contributed by atoms with Gasteiger partial charge in [0.25, 0.3) is 5.91 Å². The second kappa shape index (κ2) is 5.16. The predicted molar refractivity (Wildman–Crippen MR) is 80.2 cm³/mol. The quantitative estimate of drug-likeness (QED) is 0.825. The highest BCUT2D eigenvalue weighted by Gasteiger charge is 2.16. The molecule has 1 aromatic heterocycles. The molecule has 2 aromatic rings. The van der Waals surface area contributed by atoms with Gasteiger partial charge in [-0.1, -0.05) is 17.7 Å². The molecule has 4 heteroatoms. The van der Waals surface area contributed by atoms with Crippen LogP contribution in [0.3, 0.4) is 0 Å². The van der Waals surface area contributed by atoms with Gasteiger partial charge in [0.2, 0.25) is 0 Å². The fourth-order valence-corrected chi connectivity index (χ4v) is 3.02. The molecule has 0 bridgehead atoms. The number of nitrogens with zero attached hydrogens (tertiary/aromatic N) is 1. The third kappa shape index (κ3) is 2.60. The number of hydrogen-bond donors (Lipinski definition) is 1. The molecule has 0 spiro atoms. The van der Waals surface area contributed by atoms with Gasteiger partial charge in [-0.15, -0.1) is 24.0 Å². The maximum Gasteiger partial charge on any atom is 0.268 e. The van der Waals surface area contributed by atoms with Crippen LogP contribution in [0.15, 0.2) is 34.5 Å². The van der Waals surface area contributed by atoms with Crippen LogP contribution in [-0.4, -0.2) is 13.0 Å². The number of carbonyl (C=O) groups is 1. The second-order valence-electron chi connectivity index (χ2n) is 4.32. The molecule has 1 aromatic carbocycles. The molecule has 18 heavy (non-hydrogen) atoms. The van der Waals surface area contributed by atoms with Crippen LogP contribution in [-0.2, 0) is 0 Å². The van der Waals surface area contributed by atoms with Crippen LogP contribution in [0, 0.1) is 13.8 Å². The molecule has 1 heterocycles. The van der Waals surface area contributed by atoms with Crippen molar-refractivity contribution >= 4 is 35.6 Å². The first kappa shape index (κ1) is 13.2. The van der Waals surface area contributed by atoms with E-state index in [0.29, 0.717) is 4.88 Å². The summed E-state index contributed by atoms with van der Waals surface area (Å²) >= 11 is 5.65. The van der Waals surface area contributed by atoms with Crippen molar-refractivity contribution in [1.82, 2.24) is 0 Å². The summed E-state index contributed by atoms with van der Waals surface area (Å²) in [6.07, 6.45) is 0. The van der Waals surface area contributed by atoms with E-state index in [9.17, 15) is 4.79 Å². The molecule has 0 unspecified atom stereocenters. The van der Waals surface area contributed by atoms with Gasteiger partial charge in [0, 0.05) is 23.0 Å². The number of anilines is 1. The number of rotatable bonds is 2. The molecular formula is C14H15NOS2. The Morgan fingerprint density at radius 1 is 1.28 bits per heavy atom. The average Bonchev–Trinajstić information content (AvgIpc) is 2.74. The minimum Gasteiger partial charge on any atom is -0.310 e. The van der Waals surface area contributed by atoms with Gasteiger partial charge in [-0.05, 0) is 31.5 Å². The molecule has 0 radical (unpaired) electrons. The Morgan fingerprint density at radius 3 is 2.56 bits per heavy atom. The molecule has 0 saturated carbocycles. The van der Waals surface area contributed by atoms with Crippen LogP contribution < -0.4 is 4.90 Å². The SMILES string of the molecule is Cc1ccc(N(C)C(=O)c2cc(S)cs2)c(C)c1. The largest absolute Gasteiger partial charge is 0.310 e. The van der Waals surface area contributed by atoms with Gasteiger partial charge in [0.1, 0.15) is 0 Å². The highest BCUT2D eigenvalue weighted by molar-refractivity contribution is 7.80. The molecule has 0 saturated heterocycles. The summed E-state index contributed by atoms with van der Waals surface area (Å²) in [7, 11) is 1.80. The Hall–Kier alpha value is -1.26. The molecule has 0 aliphatic heterocycles. The van der Waals surface area contributed by atoms with E-state index < -0.39 is 0 Å².